The molecule has 100 valence electrons. The number of hydrogen-bond donors (Lipinski definition) is 0. The Bertz CT molecular complexity index is 218. The summed E-state index contributed by atoms with van der Waals surface area (Å²) in [5.41, 5.74) is 0. The molecule has 10 heteroatoms. The fourth-order valence-electron chi connectivity index (χ4n) is 1.04. The maximum Gasteiger partial charge on any atom is 0.294 e. The molecule has 0 atom stereocenters. The SMILES string of the molecule is COCCN(CCO[N+](=O)[O-])CCO[N+](=O)[O-]. The second-order valence-corrected chi connectivity index (χ2v) is 2.95. The van der Waals surface area contributed by atoms with E-state index in [0.29, 0.717) is 13.2 Å². The first-order chi connectivity index (χ1) is 8.06. The van der Waals surface area contributed by atoms with Crippen LogP contribution >= 0.6 is 0 Å². The summed E-state index contributed by atoms with van der Waals surface area (Å²) >= 11 is 0. The first kappa shape index (κ1) is 15.3. The van der Waals surface area contributed by atoms with Crippen LogP contribution in [0.2, 0.25) is 0 Å². The van der Waals surface area contributed by atoms with Crippen molar-refractivity contribution in [2.45, 2.75) is 0 Å². The predicted molar refractivity (Wildman–Crippen MR) is 54.2 cm³/mol. The third kappa shape index (κ3) is 10.6. The van der Waals surface area contributed by atoms with Gasteiger partial charge in [0.15, 0.2) is 0 Å². The van der Waals surface area contributed by atoms with E-state index in [0.717, 1.165) is 0 Å². The first-order valence-electron chi connectivity index (χ1n) is 4.82. The molecule has 0 N–H and O–H groups in total. The van der Waals surface area contributed by atoms with Crippen LogP contribution in [0, 0.1) is 20.2 Å². The average Bonchev–Trinajstić information content (AvgIpc) is 2.24. The Morgan fingerprint density at radius 1 is 0.941 bits per heavy atom. The van der Waals surface area contributed by atoms with Gasteiger partial charge >= 0.3 is 0 Å². The van der Waals surface area contributed by atoms with Crippen LogP contribution in [0.25, 0.3) is 0 Å². The summed E-state index contributed by atoms with van der Waals surface area (Å²) in [6, 6.07) is 0. The van der Waals surface area contributed by atoms with Crippen LogP contribution in [0.1, 0.15) is 0 Å². The van der Waals surface area contributed by atoms with Gasteiger partial charge in [0.2, 0.25) is 0 Å². The Hall–Kier alpha value is -1.68. The molecule has 0 aromatic heterocycles. The van der Waals surface area contributed by atoms with Gasteiger partial charge in [0.05, 0.1) is 6.61 Å². The van der Waals surface area contributed by atoms with Gasteiger partial charge in [-0.3, -0.25) is 4.90 Å². The highest BCUT2D eigenvalue weighted by molar-refractivity contribution is 4.55. The minimum absolute atomic E-state index is 0.102. The van der Waals surface area contributed by atoms with E-state index in [9.17, 15) is 20.2 Å². The van der Waals surface area contributed by atoms with E-state index in [4.69, 9.17) is 4.74 Å². The Balaban J connectivity index is 3.78. The van der Waals surface area contributed by atoms with Crippen LogP contribution in [0.4, 0.5) is 0 Å². The molecule has 0 rings (SSSR count). The van der Waals surface area contributed by atoms with Crippen LogP contribution in [-0.2, 0) is 14.4 Å². The average molecular weight is 253 g/mol. The van der Waals surface area contributed by atoms with Crippen molar-refractivity contribution >= 4 is 0 Å². The number of nitrogens with zero attached hydrogens (tertiary/aromatic N) is 3. The highest BCUT2D eigenvalue weighted by Crippen LogP contribution is 1.91. The summed E-state index contributed by atoms with van der Waals surface area (Å²) < 4.78 is 4.84. The van der Waals surface area contributed by atoms with E-state index < -0.39 is 10.2 Å². The largest absolute Gasteiger partial charge is 0.383 e. The van der Waals surface area contributed by atoms with E-state index >= 15 is 0 Å². The zero-order valence-electron chi connectivity index (χ0n) is 9.44. The predicted octanol–water partition coefficient (Wildman–Crippen LogP) is -0.649. The monoisotopic (exact) mass is 253 g/mol. The van der Waals surface area contributed by atoms with E-state index in [1.165, 1.54) is 7.11 Å². The van der Waals surface area contributed by atoms with Crippen LogP contribution in [0.15, 0.2) is 0 Å². The van der Waals surface area contributed by atoms with Crippen LogP contribution in [-0.4, -0.2) is 61.6 Å². The van der Waals surface area contributed by atoms with Gasteiger partial charge < -0.3 is 14.4 Å². The van der Waals surface area contributed by atoms with Gasteiger partial charge in [-0.1, -0.05) is 0 Å². The third-order valence-corrected chi connectivity index (χ3v) is 1.82. The number of ether oxygens (including phenoxy) is 1. The van der Waals surface area contributed by atoms with Crippen LogP contribution in [0.5, 0.6) is 0 Å². The van der Waals surface area contributed by atoms with E-state index in [1.807, 2.05) is 0 Å². The molecular weight excluding hydrogens is 238 g/mol. The van der Waals surface area contributed by atoms with Crippen LogP contribution in [0.3, 0.4) is 0 Å². The van der Waals surface area contributed by atoms with Gasteiger partial charge in [0.1, 0.15) is 13.2 Å². The lowest BCUT2D eigenvalue weighted by Gasteiger charge is -2.20. The smallest absolute Gasteiger partial charge is 0.294 e. The van der Waals surface area contributed by atoms with Gasteiger partial charge in [-0.25, -0.2) is 0 Å². The number of methoxy groups -OCH3 is 1. The summed E-state index contributed by atoms with van der Waals surface area (Å²) in [6.07, 6.45) is 0. The Morgan fingerprint density at radius 3 is 1.71 bits per heavy atom. The van der Waals surface area contributed by atoms with Crippen molar-refractivity contribution < 1.29 is 24.6 Å². The summed E-state index contributed by atoms with van der Waals surface area (Å²) in [5, 5.41) is 18.1. The molecule has 0 radical (unpaired) electrons. The topological polar surface area (TPSA) is 117 Å². The van der Waals surface area contributed by atoms with Crippen molar-refractivity contribution in [2.24, 2.45) is 0 Å². The van der Waals surface area contributed by atoms with E-state index in [2.05, 4.69) is 9.68 Å². The Labute approximate surface area is 97.2 Å². The van der Waals surface area contributed by atoms with Crippen molar-refractivity contribution in [2.75, 3.05) is 46.6 Å². The molecule has 0 aliphatic carbocycles. The van der Waals surface area contributed by atoms with Gasteiger partial charge in [0.25, 0.3) is 10.2 Å². The fraction of sp³-hybridized carbons (Fsp3) is 1.00. The molecule has 0 aliphatic rings. The van der Waals surface area contributed by atoms with E-state index in [-0.39, 0.29) is 26.3 Å². The second kappa shape index (κ2) is 9.54. The molecule has 0 aromatic rings. The molecule has 0 unspecified atom stereocenters. The molecule has 0 heterocycles. The summed E-state index contributed by atoms with van der Waals surface area (Å²) in [7, 11) is 1.51. The van der Waals surface area contributed by atoms with Crippen molar-refractivity contribution in [3.63, 3.8) is 0 Å². The molecule has 0 spiro atoms. The van der Waals surface area contributed by atoms with Gasteiger partial charge in [-0.05, 0) is 0 Å². The highest BCUT2D eigenvalue weighted by Gasteiger charge is 2.07. The van der Waals surface area contributed by atoms with Gasteiger partial charge in [-0.15, -0.1) is 20.2 Å². The molecule has 17 heavy (non-hydrogen) atoms. The lowest BCUT2D eigenvalue weighted by molar-refractivity contribution is -0.758. The van der Waals surface area contributed by atoms with Crippen molar-refractivity contribution in [1.82, 2.24) is 4.90 Å². The van der Waals surface area contributed by atoms with Crippen molar-refractivity contribution in [3.8, 4) is 0 Å². The van der Waals surface area contributed by atoms with Crippen molar-refractivity contribution in [3.05, 3.63) is 20.2 Å². The first-order valence-corrected chi connectivity index (χ1v) is 4.82. The summed E-state index contributed by atoms with van der Waals surface area (Å²) in [6.45, 7) is 1.23. The normalized spacial score (nSPS) is 10.2. The van der Waals surface area contributed by atoms with Crippen LogP contribution < -0.4 is 0 Å². The minimum Gasteiger partial charge on any atom is -0.383 e. The summed E-state index contributed by atoms with van der Waals surface area (Å²) in [5.74, 6) is 0. The maximum atomic E-state index is 9.92. The second-order valence-electron chi connectivity index (χ2n) is 2.95. The molecule has 0 fully saturated rings. The zero-order chi connectivity index (χ0) is 13.1. The Morgan fingerprint density at radius 2 is 1.35 bits per heavy atom. The minimum atomic E-state index is -0.887. The molecule has 0 saturated carbocycles. The fourth-order valence-corrected chi connectivity index (χ4v) is 1.04. The zero-order valence-corrected chi connectivity index (χ0v) is 9.44. The molecule has 0 aliphatic heterocycles. The Kier molecular flexibility index (Phi) is 8.60. The summed E-state index contributed by atoms with van der Waals surface area (Å²) in [4.78, 5) is 29.8. The quantitative estimate of drug-likeness (QED) is 0.352. The standard InChI is InChI=1S/C7H15N3O7/c1-15-5-2-8(3-6-16-9(11)12)4-7-17-10(13)14/h2-7H2,1H3. The molecule has 0 saturated heterocycles. The maximum absolute atomic E-state index is 9.92. The lowest BCUT2D eigenvalue weighted by Crippen LogP contribution is -2.34. The third-order valence-electron chi connectivity index (χ3n) is 1.82. The molecule has 0 amide bonds. The molecule has 10 nitrogen and oxygen atoms in total. The van der Waals surface area contributed by atoms with Crippen molar-refractivity contribution in [1.29, 1.82) is 0 Å². The van der Waals surface area contributed by atoms with E-state index in [1.54, 1.807) is 4.90 Å². The van der Waals surface area contributed by atoms with Gasteiger partial charge in [0, 0.05) is 26.7 Å². The molecular formula is C7H15N3O7. The number of hydrogen-bond acceptors (Lipinski definition) is 8. The highest BCUT2D eigenvalue weighted by atomic mass is 17.0. The lowest BCUT2D eigenvalue weighted by atomic mass is 10.4. The molecule has 0 aromatic carbocycles. The molecule has 0 bridgehead atoms. The van der Waals surface area contributed by atoms with Gasteiger partial charge in [-0.2, -0.15) is 0 Å². The number of rotatable bonds is 11.